The van der Waals surface area contributed by atoms with Gasteiger partial charge in [0, 0.05) is 24.7 Å². The van der Waals surface area contributed by atoms with Crippen molar-refractivity contribution in [2.75, 3.05) is 18.0 Å². The number of alkyl halides is 2. The van der Waals surface area contributed by atoms with Gasteiger partial charge in [0.2, 0.25) is 0 Å². The molecule has 0 spiro atoms. The smallest absolute Gasteiger partial charge is 0.387 e. The van der Waals surface area contributed by atoms with Crippen LogP contribution in [0.2, 0.25) is 0 Å². The van der Waals surface area contributed by atoms with Crippen molar-refractivity contribution >= 4 is 16.6 Å². The highest BCUT2D eigenvalue weighted by Crippen LogP contribution is 2.35. The number of hydrogen-bond donors (Lipinski definition) is 0. The molecule has 0 amide bonds. The average Bonchev–Trinajstić information content (AvgIpc) is 3.21. The minimum absolute atomic E-state index is 0.0492. The van der Waals surface area contributed by atoms with E-state index >= 15 is 0 Å². The SMILES string of the molecule is N#Cc1cnc2ccc(OC(F)F)cc2c1N1CCC(n2cncn2)CC1. The van der Waals surface area contributed by atoms with Crippen molar-refractivity contribution in [2.24, 2.45) is 0 Å². The summed E-state index contributed by atoms with van der Waals surface area (Å²) in [5, 5.41) is 14.4. The molecule has 1 saturated heterocycles. The first-order valence-electron chi connectivity index (χ1n) is 8.52. The molecular weight excluding hydrogens is 354 g/mol. The fourth-order valence-electron chi connectivity index (χ4n) is 3.52. The zero-order chi connectivity index (χ0) is 18.8. The van der Waals surface area contributed by atoms with E-state index in [1.54, 1.807) is 12.4 Å². The second kappa shape index (κ2) is 7.15. The Bertz CT molecular complexity index is 977. The van der Waals surface area contributed by atoms with Crippen LogP contribution in [-0.2, 0) is 0 Å². The third kappa shape index (κ3) is 3.38. The predicted molar refractivity (Wildman–Crippen MR) is 93.6 cm³/mol. The van der Waals surface area contributed by atoms with Gasteiger partial charge in [-0.25, -0.2) is 9.67 Å². The van der Waals surface area contributed by atoms with Crippen molar-refractivity contribution in [3.8, 4) is 11.8 Å². The lowest BCUT2D eigenvalue weighted by atomic mass is 10.0. The molecule has 4 rings (SSSR count). The van der Waals surface area contributed by atoms with Gasteiger partial charge in [0.1, 0.15) is 24.5 Å². The fourth-order valence-corrected chi connectivity index (χ4v) is 3.52. The van der Waals surface area contributed by atoms with E-state index in [2.05, 4.69) is 30.8 Å². The molecule has 9 heteroatoms. The quantitative estimate of drug-likeness (QED) is 0.702. The lowest BCUT2D eigenvalue weighted by Gasteiger charge is -2.34. The van der Waals surface area contributed by atoms with Crippen molar-refractivity contribution in [1.29, 1.82) is 5.26 Å². The van der Waals surface area contributed by atoms with Gasteiger partial charge in [0.25, 0.3) is 0 Å². The summed E-state index contributed by atoms with van der Waals surface area (Å²) < 4.78 is 31.5. The Labute approximate surface area is 153 Å². The van der Waals surface area contributed by atoms with Crippen molar-refractivity contribution in [2.45, 2.75) is 25.5 Å². The predicted octanol–water partition coefficient (Wildman–Crippen LogP) is 3.14. The Morgan fingerprint density at radius 1 is 1.26 bits per heavy atom. The minimum Gasteiger partial charge on any atom is -0.435 e. The van der Waals surface area contributed by atoms with Gasteiger partial charge in [-0.05, 0) is 31.0 Å². The van der Waals surface area contributed by atoms with Crippen molar-refractivity contribution in [1.82, 2.24) is 19.7 Å². The number of hydrogen-bond acceptors (Lipinski definition) is 6. The van der Waals surface area contributed by atoms with Gasteiger partial charge < -0.3 is 9.64 Å². The summed E-state index contributed by atoms with van der Waals surface area (Å²) in [4.78, 5) is 10.4. The molecule has 0 bridgehead atoms. The maximum absolute atomic E-state index is 12.6. The Morgan fingerprint density at radius 2 is 2.07 bits per heavy atom. The third-order valence-corrected chi connectivity index (χ3v) is 4.75. The number of pyridine rings is 1. The van der Waals surface area contributed by atoms with Crippen LogP contribution in [0.1, 0.15) is 24.4 Å². The first-order chi connectivity index (χ1) is 13.2. The molecule has 138 valence electrons. The minimum atomic E-state index is -2.91. The van der Waals surface area contributed by atoms with E-state index in [0.717, 1.165) is 12.8 Å². The number of aromatic nitrogens is 4. The molecule has 2 aromatic heterocycles. The van der Waals surface area contributed by atoms with Gasteiger partial charge in [0.05, 0.1) is 22.8 Å². The molecule has 0 aliphatic carbocycles. The van der Waals surface area contributed by atoms with Crippen LogP contribution in [-0.4, -0.2) is 39.4 Å². The number of halogens is 2. The van der Waals surface area contributed by atoms with Crippen molar-refractivity contribution in [3.63, 3.8) is 0 Å². The molecule has 1 aliphatic rings. The van der Waals surface area contributed by atoms with Crippen LogP contribution in [0.3, 0.4) is 0 Å². The second-order valence-electron chi connectivity index (χ2n) is 6.28. The molecule has 0 radical (unpaired) electrons. The number of nitriles is 1. The van der Waals surface area contributed by atoms with Gasteiger partial charge in [0.15, 0.2) is 0 Å². The van der Waals surface area contributed by atoms with Gasteiger partial charge in [-0.3, -0.25) is 4.98 Å². The highest BCUT2D eigenvalue weighted by Gasteiger charge is 2.24. The van der Waals surface area contributed by atoms with Gasteiger partial charge in [-0.15, -0.1) is 0 Å². The molecule has 1 fully saturated rings. The molecule has 0 unspecified atom stereocenters. The largest absolute Gasteiger partial charge is 0.435 e. The van der Waals surface area contributed by atoms with Crippen LogP contribution in [0, 0.1) is 11.3 Å². The Hall–Kier alpha value is -3.28. The molecular formula is C18H16F2N6O. The number of ether oxygens (including phenoxy) is 1. The van der Waals surface area contributed by atoms with Gasteiger partial charge in [-0.1, -0.05) is 0 Å². The highest BCUT2D eigenvalue weighted by molar-refractivity contribution is 5.95. The molecule has 0 atom stereocenters. The first-order valence-corrected chi connectivity index (χ1v) is 8.52. The number of rotatable bonds is 4. The summed E-state index contributed by atoms with van der Waals surface area (Å²) >= 11 is 0. The number of piperidine rings is 1. The van der Waals surface area contributed by atoms with Gasteiger partial charge >= 0.3 is 6.61 Å². The Morgan fingerprint density at radius 3 is 2.74 bits per heavy atom. The highest BCUT2D eigenvalue weighted by atomic mass is 19.3. The van der Waals surface area contributed by atoms with Crippen molar-refractivity contribution < 1.29 is 13.5 Å². The molecule has 1 aromatic carbocycles. The standard InChI is InChI=1S/C18H16F2N6O/c19-18(20)27-14-1-2-16-15(7-14)17(12(8-21)9-23-16)25-5-3-13(4-6-25)26-11-22-10-24-26/h1-2,7,9-11,13,18H,3-6H2. The zero-order valence-corrected chi connectivity index (χ0v) is 14.3. The lowest BCUT2D eigenvalue weighted by Crippen LogP contribution is -2.35. The first kappa shape index (κ1) is 17.1. The number of fused-ring (bicyclic) bond motifs is 1. The average molecular weight is 370 g/mol. The summed E-state index contributed by atoms with van der Waals surface area (Å²) in [7, 11) is 0. The van der Waals surface area contributed by atoms with Gasteiger partial charge in [-0.2, -0.15) is 19.1 Å². The third-order valence-electron chi connectivity index (χ3n) is 4.75. The van der Waals surface area contributed by atoms with E-state index < -0.39 is 6.61 Å². The molecule has 1 aliphatic heterocycles. The molecule has 3 aromatic rings. The van der Waals surface area contributed by atoms with E-state index in [0.29, 0.717) is 35.2 Å². The maximum atomic E-state index is 12.6. The van der Waals surface area contributed by atoms with Crippen LogP contribution in [0.25, 0.3) is 10.9 Å². The fraction of sp³-hybridized carbons (Fsp3) is 0.333. The summed E-state index contributed by atoms with van der Waals surface area (Å²) in [5.41, 5.74) is 1.75. The zero-order valence-electron chi connectivity index (χ0n) is 14.3. The number of nitrogens with zero attached hydrogens (tertiary/aromatic N) is 6. The topological polar surface area (TPSA) is 79.9 Å². The Balaban J connectivity index is 1.68. The normalized spacial score (nSPS) is 15.3. The van der Waals surface area contributed by atoms with Crippen LogP contribution in [0.4, 0.5) is 14.5 Å². The Kier molecular flexibility index (Phi) is 4.54. The maximum Gasteiger partial charge on any atom is 0.387 e. The van der Waals surface area contributed by atoms with Crippen LogP contribution in [0.5, 0.6) is 5.75 Å². The van der Waals surface area contributed by atoms with Crippen LogP contribution < -0.4 is 9.64 Å². The summed E-state index contributed by atoms with van der Waals surface area (Å²) in [6.45, 7) is -1.49. The summed E-state index contributed by atoms with van der Waals surface area (Å²) in [5.74, 6) is 0.0492. The van der Waals surface area contributed by atoms with E-state index in [4.69, 9.17) is 0 Å². The lowest BCUT2D eigenvalue weighted by molar-refractivity contribution is -0.0497. The van der Waals surface area contributed by atoms with E-state index in [1.165, 1.54) is 24.7 Å². The molecule has 0 saturated carbocycles. The molecule has 0 N–H and O–H groups in total. The molecule has 7 nitrogen and oxygen atoms in total. The van der Waals surface area contributed by atoms with E-state index in [1.807, 2.05) is 4.68 Å². The molecule has 3 heterocycles. The molecule has 27 heavy (non-hydrogen) atoms. The van der Waals surface area contributed by atoms with E-state index in [9.17, 15) is 14.0 Å². The van der Waals surface area contributed by atoms with Crippen molar-refractivity contribution in [3.05, 3.63) is 42.6 Å². The second-order valence-corrected chi connectivity index (χ2v) is 6.28. The summed E-state index contributed by atoms with van der Waals surface area (Å²) in [6.07, 6.45) is 6.42. The van der Waals surface area contributed by atoms with Crippen LogP contribution >= 0.6 is 0 Å². The van der Waals surface area contributed by atoms with E-state index in [-0.39, 0.29) is 11.8 Å². The summed E-state index contributed by atoms with van der Waals surface area (Å²) in [6, 6.07) is 7.01. The van der Waals surface area contributed by atoms with Crippen LogP contribution in [0.15, 0.2) is 37.1 Å². The monoisotopic (exact) mass is 370 g/mol. The number of benzene rings is 1. The number of anilines is 1.